The summed E-state index contributed by atoms with van der Waals surface area (Å²) in [5.41, 5.74) is -4.10. The summed E-state index contributed by atoms with van der Waals surface area (Å²) in [6.07, 6.45) is -4.36. The Hall–Kier alpha value is -4.80. The minimum Gasteiger partial charge on any atom is -0.445 e. The highest BCUT2D eigenvalue weighted by atomic mass is 19.4. The maximum atomic E-state index is 14.9. The van der Waals surface area contributed by atoms with E-state index in [1.165, 1.54) is 7.05 Å². The molecular weight excluding hydrogens is 508 g/mol. The molecule has 0 atom stereocenters. The molecule has 190 valence electrons. The van der Waals surface area contributed by atoms with Crippen LogP contribution in [-0.4, -0.2) is 19.3 Å². The van der Waals surface area contributed by atoms with Crippen LogP contribution in [0.4, 0.5) is 26.3 Å². The molecule has 0 radical (unpaired) electrons. The molecule has 0 aliphatic rings. The Labute approximate surface area is 202 Å². The summed E-state index contributed by atoms with van der Waals surface area (Å²) < 4.78 is 90.9. The largest absolute Gasteiger partial charge is 0.445 e. The fourth-order valence-electron chi connectivity index (χ4n) is 3.42. The van der Waals surface area contributed by atoms with Gasteiger partial charge in [0, 0.05) is 13.2 Å². The number of aromatic nitrogens is 4. The van der Waals surface area contributed by atoms with Crippen molar-refractivity contribution in [1.29, 1.82) is 5.26 Å². The first kappa shape index (κ1) is 25.3. The van der Waals surface area contributed by atoms with Gasteiger partial charge in [0.25, 0.3) is 5.56 Å². The number of hydrogen-bond acceptors (Lipinski definition) is 5. The van der Waals surface area contributed by atoms with E-state index in [-0.39, 0.29) is 22.5 Å². The summed E-state index contributed by atoms with van der Waals surface area (Å²) in [5, 5.41) is 14.7. The highest BCUT2D eigenvalue weighted by molar-refractivity contribution is 5.66. The number of H-pyrrole nitrogens is 1. The average Bonchev–Trinajstić information content (AvgIpc) is 3.14. The maximum Gasteiger partial charge on any atom is 0.420 e. The molecule has 1 N–H and O–H groups in total. The highest BCUT2D eigenvalue weighted by Gasteiger charge is 2.37. The standard InChI is InChI=1S/C23H13F6N5O3/c1-33-18(31-32-22(33)36)10-34-3-2-15(23(27,28)29)19(21(34)35)37-20-16(25)7-13(8-17(20)26)12-4-11(9-30)5-14(24)6-12/h2-8H,10H2,1H3,(H,32,36). The van der Waals surface area contributed by atoms with Crippen LogP contribution in [0.5, 0.6) is 11.5 Å². The molecule has 37 heavy (non-hydrogen) atoms. The molecule has 0 amide bonds. The van der Waals surface area contributed by atoms with Gasteiger partial charge in [-0.05, 0) is 47.5 Å². The fourth-order valence-corrected chi connectivity index (χ4v) is 3.42. The van der Waals surface area contributed by atoms with Crippen molar-refractivity contribution in [3.8, 4) is 28.7 Å². The van der Waals surface area contributed by atoms with Crippen LogP contribution in [0.1, 0.15) is 17.0 Å². The van der Waals surface area contributed by atoms with Crippen LogP contribution in [0.2, 0.25) is 0 Å². The van der Waals surface area contributed by atoms with E-state index < -0.39 is 58.5 Å². The normalized spacial score (nSPS) is 11.4. The van der Waals surface area contributed by atoms with Crippen molar-refractivity contribution in [3.63, 3.8) is 0 Å². The Morgan fingerprint density at radius 1 is 1.03 bits per heavy atom. The third-order valence-electron chi connectivity index (χ3n) is 5.27. The average molecular weight is 521 g/mol. The topological polar surface area (TPSA) is 106 Å². The molecule has 2 aromatic carbocycles. The number of nitrogens with one attached hydrogen (secondary N) is 1. The van der Waals surface area contributed by atoms with E-state index in [4.69, 9.17) is 10.00 Å². The number of pyridine rings is 1. The van der Waals surface area contributed by atoms with E-state index in [9.17, 15) is 35.9 Å². The van der Waals surface area contributed by atoms with Gasteiger partial charge in [0.15, 0.2) is 23.2 Å². The number of ether oxygens (including phenoxy) is 1. The third-order valence-corrected chi connectivity index (χ3v) is 5.27. The molecule has 0 saturated heterocycles. The van der Waals surface area contributed by atoms with E-state index in [1.807, 2.05) is 0 Å². The van der Waals surface area contributed by atoms with Gasteiger partial charge < -0.3 is 9.30 Å². The van der Waals surface area contributed by atoms with Crippen molar-refractivity contribution in [2.45, 2.75) is 12.7 Å². The van der Waals surface area contributed by atoms with Gasteiger partial charge in [-0.25, -0.2) is 23.1 Å². The number of hydrogen-bond donors (Lipinski definition) is 1. The third kappa shape index (κ3) is 4.96. The lowest BCUT2D eigenvalue weighted by Gasteiger charge is -2.16. The number of rotatable bonds is 5. The zero-order valence-electron chi connectivity index (χ0n) is 18.5. The second-order valence-electron chi connectivity index (χ2n) is 7.70. The number of alkyl halides is 3. The SMILES string of the molecule is Cn1c(Cn2ccc(C(F)(F)F)c(Oc3c(F)cc(-c4cc(F)cc(C#N)c4)cc3F)c2=O)n[nH]c1=O. The molecular formula is C23H13F6N5O3. The van der Waals surface area contributed by atoms with E-state index in [0.29, 0.717) is 22.8 Å². The summed E-state index contributed by atoms with van der Waals surface area (Å²) in [5.74, 6) is -6.59. The van der Waals surface area contributed by atoms with Gasteiger partial charge in [-0.15, -0.1) is 0 Å². The second kappa shape index (κ2) is 9.34. The zero-order valence-corrected chi connectivity index (χ0v) is 18.5. The molecule has 0 spiro atoms. The Morgan fingerprint density at radius 2 is 1.68 bits per heavy atom. The van der Waals surface area contributed by atoms with Crippen LogP contribution in [-0.2, 0) is 19.8 Å². The molecule has 2 aromatic heterocycles. The molecule has 0 bridgehead atoms. The number of nitriles is 1. The quantitative estimate of drug-likeness (QED) is 0.399. The van der Waals surface area contributed by atoms with Gasteiger partial charge in [0.1, 0.15) is 11.4 Å². The van der Waals surface area contributed by atoms with Crippen molar-refractivity contribution in [2.24, 2.45) is 7.05 Å². The fraction of sp³-hybridized carbons (Fsp3) is 0.130. The number of benzene rings is 2. The van der Waals surface area contributed by atoms with E-state index in [2.05, 4.69) is 10.2 Å². The van der Waals surface area contributed by atoms with Crippen LogP contribution in [0, 0.1) is 28.8 Å². The Morgan fingerprint density at radius 3 is 2.24 bits per heavy atom. The van der Waals surface area contributed by atoms with E-state index in [0.717, 1.165) is 29.0 Å². The lowest BCUT2D eigenvalue weighted by atomic mass is 10.0. The number of halogens is 6. The molecule has 4 rings (SSSR count). The lowest BCUT2D eigenvalue weighted by Crippen LogP contribution is -2.26. The lowest BCUT2D eigenvalue weighted by molar-refractivity contribution is -0.138. The van der Waals surface area contributed by atoms with E-state index in [1.54, 1.807) is 6.07 Å². The van der Waals surface area contributed by atoms with Crippen molar-refractivity contribution >= 4 is 0 Å². The van der Waals surface area contributed by atoms with Gasteiger partial charge in [-0.3, -0.25) is 9.36 Å². The summed E-state index contributed by atoms with van der Waals surface area (Å²) >= 11 is 0. The van der Waals surface area contributed by atoms with Gasteiger partial charge >= 0.3 is 11.9 Å². The molecule has 14 heteroatoms. The van der Waals surface area contributed by atoms with E-state index >= 15 is 0 Å². The van der Waals surface area contributed by atoms with Crippen LogP contribution < -0.4 is 16.0 Å². The van der Waals surface area contributed by atoms with Gasteiger partial charge in [0.05, 0.1) is 18.2 Å². The molecule has 0 saturated carbocycles. The van der Waals surface area contributed by atoms with Gasteiger partial charge in [-0.1, -0.05) is 0 Å². The van der Waals surface area contributed by atoms with Gasteiger partial charge in [0.2, 0.25) is 5.75 Å². The van der Waals surface area contributed by atoms with Crippen LogP contribution in [0.15, 0.2) is 52.2 Å². The first-order valence-corrected chi connectivity index (χ1v) is 10.2. The highest BCUT2D eigenvalue weighted by Crippen LogP contribution is 2.38. The number of nitrogens with zero attached hydrogens (tertiary/aromatic N) is 4. The van der Waals surface area contributed by atoms with Crippen LogP contribution >= 0.6 is 0 Å². The first-order chi connectivity index (χ1) is 17.4. The second-order valence-corrected chi connectivity index (χ2v) is 7.70. The summed E-state index contributed by atoms with van der Waals surface area (Å²) in [4.78, 5) is 24.4. The summed E-state index contributed by atoms with van der Waals surface area (Å²) in [6.45, 7) is -0.465. The van der Waals surface area contributed by atoms with Crippen LogP contribution in [0.3, 0.4) is 0 Å². The van der Waals surface area contributed by atoms with Crippen molar-refractivity contribution in [3.05, 3.63) is 97.8 Å². The number of aromatic amines is 1. The van der Waals surface area contributed by atoms with Crippen LogP contribution in [0.25, 0.3) is 11.1 Å². The monoisotopic (exact) mass is 521 g/mol. The molecule has 0 unspecified atom stereocenters. The van der Waals surface area contributed by atoms with Gasteiger partial charge in [-0.2, -0.15) is 23.5 Å². The minimum atomic E-state index is -5.13. The first-order valence-electron chi connectivity index (χ1n) is 10.2. The van der Waals surface area contributed by atoms with Crippen molar-refractivity contribution < 1.29 is 31.1 Å². The smallest absolute Gasteiger partial charge is 0.420 e. The Balaban J connectivity index is 1.80. The Bertz CT molecular complexity index is 1660. The maximum absolute atomic E-state index is 14.9. The molecule has 0 fully saturated rings. The van der Waals surface area contributed by atoms with Crippen molar-refractivity contribution in [1.82, 2.24) is 19.3 Å². The van der Waals surface area contributed by atoms with Crippen molar-refractivity contribution in [2.75, 3.05) is 0 Å². The molecule has 2 heterocycles. The molecule has 8 nitrogen and oxygen atoms in total. The minimum absolute atomic E-state index is 0.0219. The summed E-state index contributed by atoms with van der Waals surface area (Å²) in [7, 11) is 1.30. The zero-order chi connectivity index (χ0) is 27.1. The molecule has 0 aliphatic carbocycles. The Kier molecular flexibility index (Phi) is 6.39. The molecule has 4 aromatic rings. The predicted octanol–water partition coefficient (Wildman–Crippen LogP) is 4.09. The summed E-state index contributed by atoms with van der Waals surface area (Å²) in [6, 6.07) is 6.41. The predicted molar refractivity (Wildman–Crippen MR) is 115 cm³/mol. The molecule has 0 aliphatic heterocycles.